The molecule has 2 aromatic rings. The summed E-state index contributed by atoms with van der Waals surface area (Å²) in [5, 5.41) is 6.74. The Labute approximate surface area is 154 Å². The lowest BCUT2D eigenvalue weighted by atomic mass is 9.86. The Morgan fingerprint density at radius 3 is 2.52 bits per heavy atom. The molecule has 0 aliphatic rings. The van der Waals surface area contributed by atoms with E-state index < -0.39 is 0 Å². The van der Waals surface area contributed by atoms with Gasteiger partial charge in [0.25, 0.3) is 0 Å². The monoisotopic (exact) mass is 360 g/mol. The minimum atomic E-state index is -0.0258. The van der Waals surface area contributed by atoms with Crippen LogP contribution in [-0.4, -0.2) is 19.6 Å². The SMILES string of the molecule is COc1ccc(NCCC(=O)Nc2ccccc2C(C)(C)C)cc1Cl. The molecule has 0 atom stereocenters. The van der Waals surface area contributed by atoms with Gasteiger partial charge in [-0.1, -0.05) is 50.6 Å². The number of benzene rings is 2. The Morgan fingerprint density at radius 1 is 1.16 bits per heavy atom. The lowest BCUT2D eigenvalue weighted by Gasteiger charge is -2.23. The molecule has 0 spiro atoms. The zero-order chi connectivity index (χ0) is 18.4. The zero-order valence-corrected chi connectivity index (χ0v) is 15.9. The number of nitrogens with one attached hydrogen (secondary N) is 2. The van der Waals surface area contributed by atoms with Crippen molar-refractivity contribution >= 4 is 28.9 Å². The van der Waals surface area contributed by atoms with Gasteiger partial charge in [-0.15, -0.1) is 0 Å². The van der Waals surface area contributed by atoms with Gasteiger partial charge in [-0.05, 0) is 35.2 Å². The topological polar surface area (TPSA) is 50.4 Å². The highest BCUT2D eigenvalue weighted by Crippen LogP contribution is 2.29. The van der Waals surface area contributed by atoms with Gasteiger partial charge in [-0.2, -0.15) is 0 Å². The van der Waals surface area contributed by atoms with Crippen LogP contribution >= 0.6 is 11.6 Å². The second-order valence-corrected chi connectivity index (χ2v) is 7.28. The molecule has 0 saturated carbocycles. The molecule has 0 radical (unpaired) electrons. The normalized spacial score (nSPS) is 11.1. The third-order valence-electron chi connectivity index (χ3n) is 3.84. The van der Waals surface area contributed by atoms with Crippen LogP contribution in [0.5, 0.6) is 5.75 Å². The first-order valence-electron chi connectivity index (χ1n) is 8.28. The standard InChI is InChI=1S/C20H25ClN2O2/c1-20(2,3)15-7-5-6-8-17(15)23-19(24)11-12-22-14-9-10-18(25-4)16(21)13-14/h5-10,13,22H,11-12H2,1-4H3,(H,23,24). The molecule has 134 valence electrons. The summed E-state index contributed by atoms with van der Waals surface area (Å²) >= 11 is 6.09. The highest BCUT2D eigenvalue weighted by Gasteiger charge is 2.18. The lowest BCUT2D eigenvalue weighted by molar-refractivity contribution is -0.115. The van der Waals surface area contributed by atoms with E-state index in [1.165, 1.54) is 0 Å². The summed E-state index contributed by atoms with van der Waals surface area (Å²) in [7, 11) is 1.58. The Morgan fingerprint density at radius 2 is 1.88 bits per heavy atom. The number of carbonyl (C=O) groups is 1. The largest absolute Gasteiger partial charge is 0.495 e. The van der Waals surface area contributed by atoms with Gasteiger partial charge < -0.3 is 15.4 Å². The van der Waals surface area contributed by atoms with Crippen LogP contribution in [0.4, 0.5) is 11.4 Å². The van der Waals surface area contributed by atoms with Crippen molar-refractivity contribution in [1.82, 2.24) is 0 Å². The third kappa shape index (κ3) is 5.40. The van der Waals surface area contributed by atoms with Crippen molar-refractivity contribution in [3.8, 4) is 5.75 Å². The molecule has 4 nitrogen and oxygen atoms in total. The smallest absolute Gasteiger partial charge is 0.226 e. The predicted octanol–water partition coefficient (Wildman–Crippen LogP) is 5.09. The quantitative estimate of drug-likeness (QED) is 0.754. The first-order valence-corrected chi connectivity index (χ1v) is 8.66. The van der Waals surface area contributed by atoms with E-state index in [1.807, 2.05) is 30.3 Å². The maximum Gasteiger partial charge on any atom is 0.226 e. The van der Waals surface area contributed by atoms with Gasteiger partial charge in [-0.25, -0.2) is 0 Å². The molecule has 5 heteroatoms. The number of hydrogen-bond acceptors (Lipinski definition) is 3. The molecule has 0 aliphatic heterocycles. The molecule has 0 fully saturated rings. The highest BCUT2D eigenvalue weighted by molar-refractivity contribution is 6.32. The Balaban J connectivity index is 1.91. The number of ether oxygens (including phenoxy) is 1. The summed E-state index contributed by atoms with van der Waals surface area (Å²) in [5.74, 6) is 0.604. The van der Waals surface area contributed by atoms with E-state index in [0.29, 0.717) is 23.7 Å². The van der Waals surface area contributed by atoms with Crippen LogP contribution < -0.4 is 15.4 Å². The van der Waals surface area contributed by atoms with E-state index >= 15 is 0 Å². The van der Waals surface area contributed by atoms with Crippen molar-refractivity contribution in [2.45, 2.75) is 32.6 Å². The Kier molecular flexibility index (Phi) is 6.32. The lowest BCUT2D eigenvalue weighted by Crippen LogP contribution is -2.20. The van der Waals surface area contributed by atoms with Gasteiger partial charge in [0.05, 0.1) is 12.1 Å². The first-order chi connectivity index (χ1) is 11.8. The number of anilines is 2. The number of carbonyl (C=O) groups excluding carboxylic acids is 1. The maximum atomic E-state index is 12.3. The number of para-hydroxylation sites is 1. The molecule has 0 aromatic heterocycles. The molecule has 2 aromatic carbocycles. The van der Waals surface area contributed by atoms with Crippen molar-refractivity contribution in [2.24, 2.45) is 0 Å². The first kappa shape index (κ1) is 19.1. The van der Waals surface area contributed by atoms with Crippen molar-refractivity contribution in [3.63, 3.8) is 0 Å². The van der Waals surface area contributed by atoms with Crippen molar-refractivity contribution in [3.05, 3.63) is 53.1 Å². The third-order valence-corrected chi connectivity index (χ3v) is 4.14. The van der Waals surface area contributed by atoms with Crippen molar-refractivity contribution < 1.29 is 9.53 Å². The highest BCUT2D eigenvalue weighted by atomic mass is 35.5. The number of rotatable bonds is 6. The van der Waals surface area contributed by atoms with Crippen molar-refractivity contribution in [2.75, 3.05) is 24.3 Å². The number of hydrogen-bond donors (Lipinski definition) is 2. The predicted molar refractivity (Wildman–Crippen MR) is 105 cm³/mol. The average Bonchev–Trinajstić information content (AvgIpc) is 2.54. The molecule has 1 amide bonds. The van der Waals surface area contributed by atoms with E-state index in [-0.39, 0.29) is 11.3 Å². The summed E-state index contributed by atoms with van der Waals surface area (Å²) in [6.07, 6.45) is 0.363. The Hall–Kier alpha value is -2.20. The van der Waals surface area contributed by atoms with Gasteiger partial charge in [0.1, 0.15) is 5.75 Å². The van der Waals surface area contributed by atoms with Gasteiger partial charge >= 0.3 is 0 Å². The zero-order valence-electron chi connectivity index (χ0n) is 15.2. The molecule has 0 bridgehead atoms. The summed E-state index contributed by atoms with van der Waals surface area (Å²) < 4.78 is 5.12. The summed E-state index contributed by atoms with van der Waals surface area (Å²) in [5.41, 5.74) is 2.82. The number of amides is 1. The molecular weight excluding hydrogens is 336 g/mol. The molecule has 0 unspecified atom stereocenters. The van der Waals surface area contributed by atoms with Crippen molar-refractivity contribution in [1.29, 1.82) is 0 Å². The Bertz CT molecular complexity index is 739. The van der Waals surface area contributed by atoms with E-state index in [9.17, 15) is 4.79 Å². The summed E-state index contributed by atoms with van der Waals surface area (Å²) in [6.45, 7) is 6.92. The molecule has 2 N–H and O–H groups in total. The van der Waals surface area contributed by atoms with Crippen LogP contribution in [0, 0.1) is 0 Å². The average molecular weight is 361 g/mol. The van der Waals surface area contributed by atoms with Crippen LogP contribution in [0.15, 0.2) is 42.5 Å². The van der Waals surface area contributed by atoms with Crippen LogP contribution in [0.3, 0.4) is 0 Å². The second-order valence-electron chi connectivity index (χ2n) is 6.87. The van der Waals surface area contributed by atoms with Crippen LogP contribution in [0.2, 0.25) is 5.02 Å². The van der Waals surface area contributed by atoms with Gasteiger partial charge in [-0.3, -0.25) is 4.79 Å². The molecule has 25 heavy (non-hydrogen) atoms. The van der Waals surface area contributed by atoms with E-state index in [1.54, 1.807) is 19.2 Å². The second kappa shape index (κ2) is 8.26. The fourth-order valence-corrected chi connectivity index (χ4v) is 2.81. The van der Waals surface area contributed by atoms with Gasteiger partial charge in [0, 0.05) is 24.3 Å². The van der Waals surface area contributed by atoms with Crippen LogP contribution in [0.25, 0.3) is 0 Å². The molecule has 0 saturated heterocycles. The molecule has 0 aliphatic carbocycles. The number of halogens is 1. The molecular formula is C20H25ClN2O2. The minimum Gasteiger partial charge on any atom is -0.495 e. The van der Waals surface area contributed by atoms with E-state index in [4.69, 9.17) is 16.3 Å². The maximum absolute atomic E-state index is 12.3. The van der Waals surface area contributed by atoms with E-state index in [2.05, 4.69) is 31.4 Å². The number of methoxy groups -OCH3 is 1. The summed E-state index contributed by atoms with van der Waals surface area (Å²) in [6, 6.07) is 13.4. The molecule has 0 heterocycles. The van der Waals surface area contributed by atoms with Crippen LogP contribution in [-0.2, 0) is 10.2 Å². The minimum absolute atomic E-state index is 0.0243. The van der Waals surface area contributed by atoms with Crippen LogP contribution in [0.1, 0.15) is 32.8 Å². The molecule has 2 rings (SSSR count). The van der Waals surface area contributed by atoms with E-state index in [0.717, 1.165) is 16.9 Å². The fraction of sp³-hybridized carbons (Fsp3) is 0.350. The van der Waals surface area contributed by atoms with Gasteiger partial charge in [0.15, 0.2) is 0 Å². The van der Waals surface area contributed by atoms with Gasteiger partial charge in [0.2, 0.25) is 5.91 Å². The fourth-order valence-electron chi connectivity index (χ4n) is 2.56. The summed E-state index contributed by atoms with van der Waals surface area (Å²) in [4.78, 5) is 12.3.